The van der Waals surface area contributed by atoms with Crippen LogP contribution < -0.4 is 15.1 Å². The zero-order chi connectivity index (χ0) is 25.8. The van der Waals surface area contributed by atoms with E-state index in [1.807, 2.05) is 12.1 Å². The monoisotopic (exact) mass is 498 g/mol. The van der Waals surface area contributed by atoms with Crippen LogP contribution in [-0.2, 0) is 0 Å². The zero-order valence-corrected chi connectivity index (χ0v) is 20.3. The van der Waals surface area contributed by atoms with Gasteiger partial charge in [-0.1, -0.05) is 17.7 Å². The van der Waals surface area contributed by atoms with Gasteiger partial charge in [-0.25, -0.2) is 4.79 Å². The fourth-order valence-electron chi connectivity index (χ4n) is 5.92. The summed E-state index contributed by atoms with van der Waals surface area (Å²) >= 11 is 0. The van der Waals surface area contributed by atoms with E-state index < -0.39 is 11.7 Å². The summed E-state index contributed by atoms with van der Waals surface area (Å²) in [6, 6.07) is 16.9. The van der Waals surface area contributed by atoms with Crippen molar-refractivity contribution >= 4 is 11.0 Å². The highest BCUT2D eigenvalue weighted by molar-refractivity contribution is 5.80. The Morgan fingerprint density at radius 1 is 0.919 bits per heavy atom. The maximum Gasteiger partial charge on any atom is 0.336 e. The highest BCUT2D eigenvalue weighted by Crippen LogP contribution is 2.58. The van der Waals surface area contributed by atoms with E-state index in [1.54, 1.807) is 43.5 Å². The van der Waals surface area contributed by atoms with Crippen molar-refractivity contribution in [1.29, 1.82) is 0 Å². The third-order valence-corrected chi connectivity index (χ3v) is 7.55. The van der Waals surface area contributed by atoms with Gasteiger partial charge in [-0.3, -0.25) is 0 Å². The van der Waals surface area contributed by atoms with Gasteiger partial charge in [0.15, 0.2) is 11.5 Å². The van der Waals surface area contributed by atoms with Gasteiger partial charge < -0.3 is 29.2 Å². The van der Waals surface area contributed by atoms with E-state index in [4.69, 9.17) is 13.9 Å². The molecule has 3 N–H and O–H groups in total. The molecule has 0 radical (unpaired) electrons. The minimum Gasteiger partial charge on any atom is -0.508 e. The van der Waals surface area contributed by atoms with Crippen molar-refractivity contribution in [1.82, 2.24) is 0 Å². The Morgan fingerprint density at radius 3 is 2.54 bits per heavy atom. The molecule has 1 aliphatic carbocycles. The molecule has 2 aliphatic rings. The Hall–Kier alpha value is -4.39. The average Bonchev–Trinajstić information content (AvgIpc) is 2.88. The van der Waals surface area contributed by atoms with E-state index >= 15 is 0 Å². The molecular weight excluding hydrogens is 472 g/mol. The number of fused-ring (bicyclic) bond motifs is 4. The number of allylic oxidation sites excluding steroid dienone is 2. The molecule has 37 heavy (non-hydrogen) atoms. The van der Waals surface area contributed by atoms with Crippen molar-refractivity contribution in [2.45, 2.75) is 31.3 Å². The zero-order valence-electron chi connectivity index (χ0n) is 20.3. The second-order valence-corrected chi connectivity index (χ2v) is 9.82. The Kier molecular flexibility index (Phi) is 5.37. The van der Waals surface area contributed by atoms with E-state index in [0.717, 1.165) is 28.5 Å². The molecule has 188 valence electrons. The summed E-state index contributed by atoms with van der Waals surface area (Å²) in [5, 5.41) is 31.2. The van der Waals surface area contributed by atoms with Gasteiger partial charge in [-0.2, -0.15) is 0 Å². The van der Waals surface area contributed by atoms with Gasteiger partial charge >= 0.3 is 5.63 Å². The number of phenolic OH excluding ortho intramolecular Hbond substituents is 3. The first-order valence-electron chi connectivity index (χ1n) is 12.1. The van der Waals surface area contributed by atoms with E-state index in [9.17, 15) is 20.1 Å². The van der Waals surface area contributed by atoms with Crippen LogP contribution in [0.2, 0.25) is 0 Å². The predicted octanol–water partition coefficient (Wildman–Crippen LogP) is 5.89. The minimum atomic E-state index is -0.480. The highest BCUT2D eigenvalue weighted by Gasteiger charge is 2.46. The third-order valence-electron chi connectivity index (χ3n) is 7.55. The van der Waals surface area contributed by atoms with E-state index in [0.29, 0.717) is 17.1 Å². The molecule has 6 rings (SSSR count). The number of ether oxygens (including phenoxy) is 2. The number of hydrogen-bond donors (Lipinski definition) is 3. The highest BCUT2D eigenvalue weighted by atomic mass is 16.5. The SMILES string of the molecule is COc1cc(O)ccc1[C@H]1Oc2cc3oc(=O)ccc3cc2[C@H]2C=C(C)C[C@@H](c3ccc(O)c(O)c3)[C@@H]21. The standard InChI is InChI=1S/C30H26O7/c1-15-9-20(16-3-7-23(32)24(33)12-16)29-22(10-15)21-11-17-4-8-28(34)36-25(17)14-27(21)37-30(29)19-6-5-18(31)13-26(19)35-2/h3-8,10-14,20,22,29-33H,9H2,1-2H3/t20-,22+,29-,30+/m0/s1. The first-order valence-corrected chi connectivity index (χ1v) is 12.1. The van der Waals surface area contributed by atoms with Crippen molar-refractivity contribution in [3.8, 4) is 28.7 Å². The van der Waals surface area contributed by atoms with E-state index in [1.165, 1.54) is 17.7 Å². The van der Waals surface area contributed by atoms with Crippen LogP contribution in [-0.4, -0.2) is 22.4 Å². The summed E-state index contributed by atoms with van der Waals surface area (Å²) in [5.41, 5.74) is 3.85. The molecular formula is C30H26O7. The predicted molar refractivity (Wildman–Crippen MR) is 138 cm³/mol. The number of phenols is 3. The van der Waals surface area contributed by atoms with Crippen LogP contribution in [0.5, 0.6) is 28.7 Å². The van der Waals surface area contributed by atoms with Crippen LogP contribution in [0.4, 0.5) is 0 Å². The van der Waals surface area contributed by atoms with Crippen LogP contribution >= 0.6 is 0 Å². The molecule has 7 nitrogen and oxygen atoms in total. The molecule has 1 aromatic heterocycles. The second-order valence-electron chi connectivity index (χ2n) is 9.82. The van der Waals surface area contributed by atoms with Crippen LogP contribution in [0.15, 0.2) is 81.5 Å². The Balaban J connectivity index is 1.59. The second kappa shape index (κ2) is 8.62. The summed E-state index contributed by atoms with van der Waals surface area (Å²) in [5.74, 6) is 0.643. The van der Waals surface area contributed by atoms with Crippen molar-refractivity contribution in [3.63, 3.8) is 0 Å². The van der Waals surface area contributed by atoms with Crippen molar-refractivity contribution in [2.24, 2.45) is 5.92 Å². The summed E-state index contributed by atoms with van der Waals surface area (Å²) in [7, 11) is 1.55. The largest absolute Gasteiger partial charge is 0.508 e. The van der Waals surface area contributed by atoms with Gasteiger partial charge in [0, 0.05) is 46.5 Å². The molecule has 0 amide bonds. The number of aromatic hydroxyl groups is 3. The number of methoxy groups -OCH3 is 1. The van der Waals surface area contributed by atoms with Gasteiger partial charge in [0.25, 0.3) is 0 Å². The molecule has 0 spiro atoms. The Bertz CT molecular complexity index is 1620. The average molecular weight is 499 g/mol. The topological polar surface area (TPSA) is 109 Å². The molecule has 7 heteroatoms. The lowest BCUT2D eigenvalue weighted by Gasteiger charge is -2.46. The number of rotatable bonds is 3. The fourth-order valence-corrected chi connectivity index (χ4v) is 5.92. The lowest BCUT2D eigenvalue weighted by Crippen LogP contribution is -2.36. The summed E-state index contributed by atoms with van der Waals surface area (Å²) in [6.45, 7) is 2.09. The molecule has 4 atom stereocenters. The Morgan fingerprint density at radius 2 is 1.76 bits per heavy atom. The lowest BCUT2D eigenvalue weighted by atomic mass is 9.64. The Labute approximate surface area is 212 Å². The first kappa shape index (κ1) is 23.0. The maximum absolute atomic E-state index is 11.9. The van der Waals surface area contributed by atoms with E-state index in [2.05, 4.69) is 13.0 Å². The summed E-state index contributed by atoms with van der Waals surface area (Å²) in [4.78, 5) is 11.9. The number of hydrogen-bond acceptors (Lipinski definition) is 7. The van der Waals surface area contributed by atoms with Crippen molar-refractivity contribution < 1.29 is 29.2 Å². The molecule has 2 heterocycles. The van der Waals surface area contributed by atoms with Crippen LogP contribution in [0, 0.1) is 5.92 Å². The normalized spacial score (nSPS) is 22.5. The molecule has 0 saturated heterocycles. The lowest BCUT2D eigenvalue weighted by molar-refractivity contribution is 0.0776. The van der Waals surface area contributed by atoms with E-state index in [-0.39, 0.29) is 35.0 Å². The molecule has 0 unspecified atom stereocenters. The van der Waals surface area contributed by atoms with Crippen LogP contribution in [0.25, 0.3) is 11.0 Å². The molecule has 0 fully saturated rings. The number of benzene rings is 3. The van der Waals surface area contributed by atoms with Gasteiger partial charge in [0.1, 0.15) is 28.9 Å². The third kappa shape index (κ3) is 3.87. The van der Waals surface area contributed by atoms with Gasteiger partial charge in [-0.15, -0.1) is 0 Å². The smallest absolute Gasteiger partial charge is 0.336 e. The summed E-state index contributed by atoms with van der Waals surface area (Å²) in [6.07, 6.45) is 2.52. The van der Waals surface area contributed by atoms with Crippen LogP contribution in [0.1, 0.15) is 48.0 Å². The maximum atomic E-state index is 11.9. The summed E-state index contributed by atoms with van der Waals surface area (Å²) < 4.78 is 17.8. The molecule has 0 bridgehead atoms. The minimum absolute atomic E-state index is 0.0532. The van der Waals surface area contributed by atoms with Gasteiger partial charge in [-0.05, 0) is 61.2 Å². The van der Waals surface area contributed by atoms with Gasteiger partial charge in [0.2, 0.25) is 0 Å². The molecule has 3 aromatic carbocycles. The van der Waals surface area contributed by atoms with Gasteiger partial charge in [0.05, 0.1) is 7.11 Å². The van der Waals surface area contributed by atoms with Crippen molar-refractivity contribution in [2.75, 3.05) is 7.11 Å². The first-order chi connectivity index (χ1) is 17.8. The quantitative estimate of drug-likeness (QED) is 0.184. The molecule has 0 saturated carbocycles. The van der Waals surface area contributed by atoms with Crippen molar-refractivity contribution in [3.05, 3.63) is 99.4 Å². The fraction of sp³-hybridized carbons (Fsp3) is 0.233. The molecule has 1 aliphatic heterocycles. The molecule has 4 aromatic rings. The van der Waals surface area contributed by atoms with Crippen LogP contribution in [0.3, 0.4) is 0 Å².